The van der Waals surface area contributed by atoms with Crippen LogP contribution in [0.3, 0.4) is 0 Å². The summed E-state index contributed by atoms with van der Waals surface area (Å²) >= 11 is 0. The molecule has 7 heteroatoms. The molecule has 3 amide bonds. The molecule has 0 aliphatic heterocycles. The number of hydrogen-bond acceptors (Lipinski definition) is 5. The Bertz CT molecular complexity index is 1030. The molecule has 1 heterocycles. The SMILES string of the molecule is C/C(CC(=O)Nc1ccccn1)=N\N(C(=O)Cc1ccccc1)C(=O)Cc1ccccc1. The summed E-state index contributed by atoms with van der Waals surface area (Å²) in [5.41, 5.74) is 1.88. The molecule has 7 nitrogen and oxygen atoms in total. The highest BCUT2D eigenvalue weighted by atomic mass is 16.2. The van der Waals surface area contributed by atoms with Gasteiger partial charge in [0.25, 0.3) is 11.8 Å². The highest BCUT2D eigenvalue weighted by Crippen LogP contribution is 2.09. The van der Waals surface area contributed by atoms with Crippen molar-refractivity contribution in [3.05, 3.63) is 96.2 Å². The van der Waals surface area contributed by atoms with Crippen molar-refractivity contribution in [2.24, 2.45) is 5.10 Å². The van der Waals surface area contributed by atoms with E-state index in [-0.39, 0.29) is 25.2 Å². The Morgan fingerprint density at radius 3 is 1.84 bits per heavy atom. The Hall–Kier alpha value is -4.13. The van der Waals surface area contributed by atoms with Crippen molar-refractivity contribution in [1.82, 2.24) is 9.99 Å². The van der Waals surface area contributed by atoms with Gasteiger partial charge >= 0.3 is 0 Å². The van der Waals surface area contributed by atoms with E-state index in [9.17, 15) is 14.4 Å². The van der Waals surface area contributed by atoms with Crippen LogP contribution in [0.25, 0.3) is 0 Å². The second kappa shape index (κ2) is 11.3. The van der Waals surface area contributed by atoms with E-state index >= 15 is 0 Å². The van der Waals surface area contributed by atoms with Gasteiger partial charge in [-0.15, -0.1) is 0 Å². The number of nitrogens with zero attached hydrogens (tertiary/aromatic N) is 3. The van der Waals surface area contributed by atoms with E-state index in [1.54, 1.807) is 31.3 Å². The molecule has 0 bridgehead atoms. The molecular weight excluding hydrogens is 404 g/mol. The molecular formula is C25H24N4O3. The van der Waals surface area contributed by atoms with Crippen molar-refractivity contribution in [2.45, 2.75) is 26.2 Å². The number of carbonyl (C=O) groups is 3. The van der Waals surface area contributed by atoms with Gasteiger partial charge in [-0.3, -0.25) is 14.4 Å². The predicted molar refractivity (Wildman–Crippen MR) is 123 cm³/mol. The van der Waals surface area contributed by atoms with E-state index in [1.165, 1.54) is 0 Å². The normalized spacial score (nSPS) is 11.0. The molecule has 162 valence electrons. The molecule has 0 unspecified atom stereocenters. The minimum Gasteiger partial charge on any atom is -0.310 e. The van der Waals surface area contributed by atoms with Crippen LogP contribution in [0.1, 0.15) is 24.5 Å². The van der Waals surface area contributed by atoms with Gasteiger partial charge in [0.1, 0.15) is 5.82 Å². The molecule has 0 aliphatic carbocycles. The molecule has 0 saturated heterocycles. The maximum atomic E-state index is 12.9. The Labute approximate surface area is 186 Å². The first-order valence-corrected chi connectivity index (χ1v) is 10.2. The Kier molecular flexibility index (Phi) is 7.97. The van der Waals surface area contributed by atoms with Crippen LogP contribution in [0.2, 0.25) is 0 Å². The largest absolute Gasteiger partial charge is 0.310 e. The summed E-state index contributed by atoms with van der Waals surface area (Å²) < 4.78 is 0. The Morgan fingerprint density at radius 1 is 0.812 bits per heavy atom. The highest BCUT2D eigenvalue weighted by molar-refractivity contribution is 6.06. The van der Waals surface area contributed by atoms with E-state index in [1.807, 2.05) is 60.7 Å². The van der Waals surface area contributed by atoms with Crippen molar-refractivity contribution in [3.8, 4) is 0 Å². The maximum Gasteiger partial charge on any atom is 0.254 e. The van der Waals surface area contributed by atoms with Gasteiger partial charge in [-0.05, 0) is 30.2 Å². The van der Waals surface area contributed by atoms with Crippen LogP contribution in [0.15, 0.2) is 90.2 Å². The average molecular weight is 428 g/mol. The van der Waals surface area contributed by atoms with E-state index in [4.69, 9.17) is 0 Å². The zero-order chi connectivity index (χ0) is 22.8. The first kappa shape index (κ1) is 22.6. The fourth-order valence-electron chi connectivity index (χ4n) is 3.00. The molecule has 3 aromatic rings. The lowest BCUT2D eigenvalue weighted by molar-refractivity contribution is -0.144. The fourth-order valence-corrected chi connectivity index (χ4v) is 3.00. The highest BCUT2D eigenvalue weighted by Gasteiger charge is 2.22. The summed E-state index contributed by atoms with van der Waals surface area (Å²) in [7, 11) is 0. The number of carbonyl (C=O) groups excluding carboxylic acids is 3. The van der Waals surface area contributed by atoms with Crippen LogP contribution in [-0.2, 0) is 27.2 Å². The summed E-state index contributed by atoms with van der Waals surface area (Å²) in [5.74, 6) is -0.832. The number of amides is 3. The monoisotopic (exact) mass is 428 g/mol. The lowest BCUT2D eigenvalue weighted by Crippen LogP contribution is -2.36. The third-order valence-electron chi connectivity index (χ3n) is 4.49. The van der Waals surface area contributed by atoms with Crippen LogP contribution in [0.5, 0.6) is 0 Å². The zero-order valence-electron chi connectivity index (χ0n) is 17.8. The number of benzene rings is 2. The van der Waals surface area contributed by atoms with Crippen LogP contribution in [0.4, 0.5) is 5.82 Å². The summed E-state index contributed by atoms with van der Waals surface area (Å²) in [5, 5.41) is 7.76. The van der Waals surface area contributed by atoms with E-state index in [2.05, 4.69) is 15.4 Å². The summed E-state index contributed by atoms with van der Waals surface area (Å²) in [6.07, 6.45) is 1.55. The van der Waals surface area contributed by atoms with Gasteiger partial charge in [0.05, 0.1) is 19.3 Å². The van der Waals surface area contributed by atoms with Crippen molar-refractivity contribution < 1.29 is 14.4 Å². The molecule has 0 radical (unpaired) electrons. The predicted octanol–water partition coefficient (Wildman–Crippen LogP) is 3.63. The number of aromatic nitrogens is 1. The lowest BCUT2D eigenvalue weighted by Gasteiger charge is -2.17. The number of imide groups is 1. The maximum absolute atomic E-state index is 12.9. The molecule has 0 saturated carbocycles. The van der Waals surface area contributed by atoms with Crippen LogP contribution < -0.4 is 5.32 Å². The van der Waals surface area contributed by atoms with Gasteiger partial charge in [-0.1, -0.05) is 66.7 Å². The van der Waals surface area contributed by atoms with Crippen molar-refractivity contribution in [2.75, 3.05) is 5.32 Å². The van der Waals surface area contributed by atoms with Gasteiger partial charge in [-0.25, -0.2) is 4.98 Å². The topological polar surface area (TPSA) is 91.7 Å². The third-order valence-corrected chi connectivity index (χ3v) is 4.49. The Balaban J connectivity index is 1.74. The van der Waals surface area contributed by atoms with Crippen LogP contribution >= 0.6 is 0 Å². The number of hydrogen-bond donors (Lipinski definition) is 1. The molecule has 3 rings (SSSR count). The fraction of sp³-hybridized carbons (Fsp3) is 0.160. The van der Waals surface area contributed by atoms with Crippen LogP contribution in [-0.4, -0.2) is 33.4 Å². The van der Waals surface area contributed by atoms with E-state index in [0.29, 0.717) is 11.5 Å². The van der Waals surface area contributed by atoms with E-state index < -0.39 is 11.8 Å². The molecule has 0 atom stereocenters. The van der Waals surface area contributed by atoms with Gasteiger partial charge in [0, 0.05) is 11.9 Å². The average Bonchev–Trinajstić information content (AvgIpc) is 2.79. The molecule has 0 aliphatic rings. The van der Waals surface area contributed by atoms with Gasteiger partial charge in [0.15, 0.2) is 0 Å². The summed E-state index contributed by atoms with van der Waals surface area (Å²) in [4.78, 5) is 42.2. The van der Waals surface area contributed by atoms with Gasteiger partial charge < -0.3 is 5.32 Å². The first-order valence-electron chi connectivity index (χ1n) is 10.2. The smallest absolute Gasteiger partial charge is 0.254 e. The quantitative estimate of drug-likeness (QED) is 0.438. The number of nitrogens with one attached hydrogen (secondary N) is 1. The van der Waals surface area contributed by atoms with Crippen LogP contribution in [0, 0.1) is 0 Å². The standard InChI is InChI=1S/C25H24N4O3/c1-19(16-23(30)27-22-14-8-9-15-26-22)28-29(24(31)17-20-10-4-2-5-11-20)25(32)18-21-12-6-3-7-13-21/h2-15H,16-18H2,1H3,(H,26,27,30)/b28-19+. The number of anilines is 1. The van der Waals surface area contributed by atoms with E-state index in [0.717, 1.165) is 16.1 Å². The minimum atomic E-state index is -0.457. The van der Waals surface area contributed by atoms with Crippen molar-refractivity contribution >= 4 is 29.3 Å². The second-order valence-corrected chi connectivity index (χ2v) is 7.20. The molecule has 0 fully saturated rings. The molecule has 0 spiro atoms. The zero-order valence-corrected chi connectivity index (χ0v) is 17.8. The second-order valence-electron chi connectivity index (χ2n) is 7.20. The molecule has 1 N–H and O–H groups in total. The van der Waals surface area contributed by atoms with Gasteiger partial charge in [-0.2, -0.15) is 10.1 Å². The number of hydrazone groups is 1. The van der Waals surface area contributed by atoms with Crippen molar-refractivity contribution in [3.63, 3.8) is 0 Å². The number of pyridine rings is 1. The summed E-state index contributed by atoms with van der Waals surface area (Å²) in [6.45, 7) is 1.61. The molecule has 2 aromatic carbocycles. The number of rotatable bonds is 8. The molecule has 1 aromatic heterocycles. The first-order chi connectivity index (χ1) is 15.5. The lowest BCUT2D eigenvalue weighted by atomic mass is 10.1. The molecule has 32 heavy (non-hydrogen) atoms. The van der Waals surface area contributed by atoms with Crippen molar-refractivity contribution in [1.29, 1.82) is 0 Å². The minimum absolute atomic E-state index is 0.0261. The van der Waals surface area contributed by atoms with Gasteiger partial charge in [0.2, 0.25) is 5.91 Å². The summed E-state index contributed by atoms with van der Waals surface area (Å²) in [6, 6.07) is 23.5. The Morgan fingerprint density at radius 2 is 1.34 bits per heavy atom. The third kappa shape index (κ3) is 6.98.